The number of aromatic nitrogens is 4. The molecule has 0 aliphatic heterocycles. The number of hydrogen-bond acceptors (Lipinski definition) is 7. The number of fused-ring (bicyclic) bond motifs is 1. The number of amides is 1. The van der Waals surface area contributed by atoms with E-state index >= 15 is 0 Å². The average molecular weight is 429 g/mol. The van der Waals surface area contributed by atoms with Crippen molar-refractivity contribution < 1.29 is 9.53 Å². The lowest BCUT2D eigenvalue weighted by molar-refractivity contribution is 0.208. The molecule has 1 amide bonds. The number of imidazole rings is 1. The number of primary amides is 1. The topological polar surface area (TPSA) is 146 Å². The summed E-state index contributed by atoms with van der Waals surface area (Å²) in [5, 5.41) is 8.19. The maximum Gasteiger partial charge on any atom is 0.411 e. The molecular weight excluding hydrogens is 406 g/mol. The molecule has 0 bridgehead atoms. The van der Waals surface area contributed by atoms with Gasteiger partial charge in [-0.25, -0.2) is 19.7 Å². The Morgan fingerprint density at radius 1 is 1.06 bits per heavy atom. The van der Waals surface area contributed by atoms with Crippen molar-refractivity contribution in [2.24, 2.45) is 5.73 Å². The second-order valence-corrected chi connectivity index (χ2v) is 8.27. The Morgan fingerprint density at radius 2 is 1.75 bits per heavy atom. The molecule has 0 aliphatic carbocycles. The first-order valence-corrected chi connectivity index (χ1v) is 9.91. The van der Waals surface area contributed by atoms with Crippen molar-refractivity contribution in [3.05, 3.63) is 60.4 Å². The molecule has 162 valence electrons. The van der Waals surface area contributed by atoms with Crippen LogP contribution in [0.15, 0.2) is 54.9 Å². The van der Waals surface area contributed by atoms with Crippen molar-refractivity contribution in [2.45, 2.75) is 26.3 Å². The van der Waals surface area contributed by atoms with Gasteiger partial charge in [-0.3, -0.25) is 5.41 Å². The number of nitrogens with zero attached hydrogens (tertiary/aromatic N) is 4. The Kier molecular flexibility index (Phi) is 5.09. The maximum atomic E-state index is 11.2. The molecular formula is C23H23N7O2. The SMILES string of the molecule is CC(C)(C)n1c(-c2ccccc2C(=N)OC(N)=O)nc2cc(-c3cnc(N)nc3)ccc21. The molecule has 4 rings (SSSR count). The lowest BCUT2D eigenvalue weighted by Gasteiger charge is -2.25. The van der Waals surface area contributed by atoms with E-state index in [1.54, 1.807) is 24.5 Å². The van der Waals surface area contributed by atoms with Gasteiger partial charge in [0.05, 0.1) is 11.0 Å². The molecule has 5 N–H and O–H groups in total. The number of carbonyl (C=O) groups is 1. The second-order valence-electron chi connectivity index (χ2n) is 8.27. The molecule has 9 nitrogen and oxygen atoms in total. The van der Waals surface area contributed by atoms with Gasteiger partial charge in [0.15, 0.2) is 0 Å². The third kappa shape index (κ3) is 3.87. The summed E-state index contributed by atoms with van der Waals surface area (Å²) in [5.74, 6) is 0.526. The molecule has 32 heavy (non-hydrogen) atoms. The predicted octanol–water partition coefficient (Wildman–Crippen LogP) is 3.92. The molecule has 0 radical (unpaired) electrons. The zero-order valence-electron chi connectivity index (χ0n) is 18.0. The second kappa shape index (κ2) is 7.77. The van der Waals surface area contributed by atoms with Gasteiger partial charge < -0.3 is 20.8 Å². The summed E-state index contributed by atoms with van der Waals surface area (Å²) in [6, 6.07) is 13.1. The molecule has 0 saturated carbocycles. The molecule has 2 aromatic carbocycles. The lowest BCUT2D eigenvalue weighted by Crippen LogP contribution is -2.23. The van der Waals surface area contributed by atoms with Gasteiger partial charge in [0.25, 0.3) is 0 Å². The largest absolute Gasteiger partial charge is 0.411 e. The van der Waals surface area contributed by atoms with Crippen LogP contribution in [0.5, 0.6) is 0 Å². The van der Waals surface area contributed by atoms with Crippen LogP contribution in [-0.2, 0) is 10.3 Å². The van der Waals surface area contributed by atoms with E-state index in [4.69, 9.17) is 26.6 Å². The highest BCUT2D eigenvalue weighted by Gasteiger charge is 2.25. The Balaban J connectivity index is 1.93. The number of nitrogens with one attached hydrogen (secondary N) is 1. The maximum absolute atomic E-state index is 11.2. The zero-order valence-corrected chi connectivity index (χ0v) is 18.0. The average Bonchev–Trinajstić information content (AvgIpc) is 3.13. The van der Waals surface area contributed by atoms with Crippen LogP contribution in [0.4, 0.5) is 10.7 Å². The van der Waals surface area contributed by atoms with Crippen molar-refractivity contribution in [3.63, 3.8) is 0 Å². The third-order valence-corrected chi connectivity index (χ3v) is 4.95. The van der Waals surface area contributed by atoms with E-state index in [-0.39, 0.29) is 17.4 Å². The van der Waals surface area contributed by atoms with Gasteiger partial charge in [0.2, 0.25) is 11.8 Å². The van der Waals surface area contributed by atoms with E-state index in [2.05, 4.69) is 35.3 Å². The lowest BCUT2D eigenvalue weighted by atomic mass is 10.0. The molecule has 0 unspecified atom stereocenters. The van der Waals surface area contributed by atoms with Crippen molar-refractivity contribution >= 4 is 29.0 Å². The quantitative estimate of drug-likeness (QED) is 0.332. The summed E-state index contributed by atoms with van der Waals surface area (Å²) in [6.45, 7) is 6.23. The van der Waals surface area contributed by atoms with E-state index in [1.807, 2.05) is 30.3 Å². The van der Waals surface area contributed by atoms with Crippen LogP contribution in [0.25, 0.3) is 33.5 Å². The standard InChI is InChI=1S/C23H23N7O2/c1-23(2,3)30-18-9-8-13(14-11-27-21(25)28-12-14)10-17(18)29-20(30)16-7-5-4-6-15(16)19(24)32-22(26)31/h4-12,24H,1-3H3,(H2,26,31)(H2,25,27,28). The molecule has 0 fully saturated rings. The fraction of sp³-hybridized carbons (Fsp3) is 0.174. The highest BCUT2D eigenvalue weighted by Crippen LogP contribution is 2.34. The first-order valence-electron chi connectivity index (χ1n) is 9.91. The molecule has 0 spiro atoms. The Morgan fingerprint density at radius 3 is 2.41 bits per heavy atom. The van der Waals surface area contributed by atoms with Gasteiger partial charge in [0, 0.05) is 34.6 Å². The number of benzene rings is 2. The van der Waals surface area contributed by atoms with E-state index in [1.165, 1.54) is 0 Å². The van der Waals surface area contributed by atoms with E-state index < -0.39 is 6.09 Å². The summed E-state index contributed by atoms with van der Waals surface area (Å²) >= 11 is 0. The van der Waals surface area contributed by atoms with Crippen LogP contribution < -0.4 is 11.5 Å². The first-order chi connectivity index (χ1) is 15.1. The van der Waals surface area contributed by atoms with Gasteiger partial charge in [-0.15, -0.1) is 0 Å². The number of nitrogen functional groups attached to an aromatic ring is 1. The van der Waals surface area contributed by atoms with Crippen molar-refractivity contribution in [3.8, 4) is 22.5 Å². The van der Waals surface area contributed by atoms with Crippen molar-refractivity contribution in [2.75, 3.05) is 5.73 Å². The van der Waals surface area contributed by atoms with Crippen LogP contribution in [0.3, 0.4) is 0 Å². The Hall–Kier alpha value is -4.27. The Bertz CT molecular complexity index is 1330. The van der Waals surface area contributed by atoms with Gasteiger partial charge in [-0.05, 0) is 44.5 Å². The number of rotatable bonds is 3. The van der Waals surface area contributed by atoms with Crippen LogP contribution in [0, 0.1) is 5.41 Å². The minimum atomic E-state index is -1.04. The highest BCUT2D eigenvalue weighted by molar-refractivity contribution is 6.03. The minimum Gasteiger partial charge on any atom is -0.391 e. The molecule has 9 heteroatoms. The Labute approximate surface area is 184 Å². The van der Waals surface area contributed by atoms with Crippen molar-refractivity contribution in [1.82, 2.24) is 19.5 Å². The summed E-state index contributed by atoms with van der Waals surface area (Å²) in [5.41, 5.74) is 14.9. The van der Waals surface area contributed by atoms with Crippen LogP contribution in [-0.4, -0.2) is 31.5 Å². The number of anilines is 1. The van der Waals surface area contributed by atoms with Gasteiger partial charge in [0.1, 0.15) is 5.82 Å². The summed E-state index contributed by atoms with van der Waals surface area (Å²) in [4.78, 5) is 24.2. The molecule has 0 saturated heterocycles. The minimum absolute atomic E-state index is 0.214. The molecule has 4 aromatic rings. The summed E-state index contributed by atoms with van der Waals surface area (Å²) in [6.07, 6.45) is 2.30. The fourth-order valence-corrected chi connectivity index (χ4v) is 3.64. The van der Waals surface area contributed by atoms with Gasteiger partial charge >= 0.3 is 6.09 Å². The smallest absolute Gasteiger partial charge is 0.391 e. The van der Waals surface area contributed by atoms with Crippen LogP contribution >= 0.6 is 0 Å². The zero-order chi connectivity index (χ0) is 23.0. The normalized spacial score (nSPS) is 11.5. The van der Waals surface area contributed by atoms with Crippen LogP contribution in [0.2, 0.25) is 0 Å². The predicted molar refractivity (Wildman–Crippen MR) is 123 cm³/mol. The number of carbonyl (C=O) groups excluding carboxylic acids is 1. The van der Waals surface area contributed by atoms with Gasteiger partial charge in [-0.1, -0.05) is 24.3 Å². The molecule has 2 aromatic heterocycles. The van der Waals surface area contributed by atoms with Gasteiger partial charge in [-0.2, -0.15) is 0 Å². The van der Waals surface area contributed by atoms with E-state index in [0.29, 0.717) is 17.0 Å². The number of nitrogens with two attached hydrogens (primary N) is 2. The first kappa shape index (κ1) is 21.0. The summed E-state index contributed by atoms with van der Waals surface area (Å²) < 4.78 is 6.94. The van der Waals surface area contributed by atoms with Crippen molar-refractivity contribution in [1.29, 1.82) is 5.41 Å². The number of ether oxygens (including phenoxy) is 1. The monoisotopic (exact) mass is 429 g/mol. The molecule has 0 aliphatic rings. The van der Waals surface area contributed by atoms with E-state index in [9.17, 15) is 4.79 Å². The number of hydrogen-bond donors (Lipinski definition) is 3. The van der Waals surface area contributed by atoms with E-state index in [0.717, 1.165) is 22.2 Å². The molecule has 2 heterocycles. The highest BCUT2D eigenvalue weighted by atomic mass is 16.6. The van der Waals surface area contributed by atoms with Crippen LogP contribution in [0.1, 0.15) is 26.3 Å². The fourth-order valence-electron chi connectivity index (χ4n) is 3.64. The molecule has 0 atom stereocenters. The third-order valence-electron chi connectivity index (χ3n) is 4.95. The summed E-state index contributed by atoms with van der Waals surface area (Å²) in [7, 11) is 0.